The highest BCUT2D eigenvalue weighted by Crippen LogP contribution is 1.78. The van der Waals surface area contributed by atoms with Crippen LogP contribution in [0.5, 0.6) is 0 Å². The highest BCUT2D eigenvalue weighted by atomic mass is 16.5. The highest BCUT2D eigenvalue weighted by molar-refractivity contribution is 4.71. The SMILES string of the molecule is C#COCCC=C. The Balaban J connectivity index is 2.72. The van der Waals surface area contributed by atoms with E-state index in [0.29, 0.717) is 6.61 Å². The molecule has 0 atom stereocenters. The zero-order valence-corrected chi connectivity index (χ0v) is 4.18. The number of terminal acetylenes is 1. The third-order valence-electron chi connectivity index (χ3n) is 0.507. The molecule has 0 fully saturated rings. The molecule has 0 aromatic carbocycles. The van der Waals surface area contributed by atoms with Gasteiger partial charge in [-0.15, -0.1) is 6.58 Å². The molecule has 0 heterocycles. The second-order valence-corrected chi connectivity index (χ2v) is 1.04. The smallest absolute Gasteiger partial charge is 0.106 e. The summed E-state index contributed by atoms with van der Waals surface area (Å²) in [4.78, 5) is 0. The average molecular weight is 96.1 g/mol. The maximum Gasteiger partial charge on any atom is 0.106 e. The normalized spacial score (nSPS) is 6.71. The summed E-state index contributed by atoms with van der Waals surface area (Å²) in [6, 6.07) is 0. The molecule has 1 heteroatoms. The van der Waals surface area contributed by atoms with Crippen LogP contribution in [-0.4, -0.2) is 6.61 Å². The van der Waals surface area contributed by atoms with Gasteiger partial charge in [0.15, 0.2) is 0 Å². The molecule has 0 aliphatic rings. The number of rotatable bonds is 3. The molecule has 0 rings (SSSR count). The van der Waals surface area contributed by atoms with Crippen LogP contribution in [0, 0.1) is 12.5 Å². The van der Waals surface area contributed by atoms with Crippen LogP contribution in [0.15, 0.2) is 12.7 Å². The molecule has 0 radical (unpaired) electrons. The van der Waals surface area contributed by atoms with Crippen LogP contribution in [-0.2, 0) is 4.74 Å². The molecule has 0 spiro atoms. The number of hydrogen-bond donors (Lipinski definition) is 0. The molecule has 0 aromatic rings. The van der Waals surface area contributed by atoms with Gasteiger partial charge in [-0.05, 0) is 0 Å². The van der Waals surface area contributed by atoms with E-state index in [1.807, 2.05) is 0 Å². The minimum absolute atomic E-state index is 0.583. The molecule has 7 heavy (non-hydrogen) atoms. The van der Waals surface area contributed by atoms with Crippen molar-refractivity contribution in [3.63, 3.8) is 0 Å². The van der Waals surface area contributed by atoms with Crippen LogP contribution in [0.25, 0.3) is 0 Å². The van der Waals surface area contributed by atoms with Gasteiger partial charge in [-0.3, -0.25) is 0 Å². The van der Waals surface area contributed by atoms with Crippen molar-refractivity contribution in [3.8, 4) is 12.5 Å². The van der Waals surface area contributed by atoms with Crippen molar-refractivity contribution >= 4 is 0 Å². The lowest BCUT2D eigenvalue weighted by Crippen LogP contribution is -1.81. The summed E-state index contributed by atoms with van der Waals surface area (Å²) in [5, 5.41) is 0. The van der Waals surface area contributed by atoms with Crippen molar-refractivity contribution in [3.05, 3.63) is 12.7 Å². The monoisotopic (exact) mass is 96.1 g/mol. The Morgan fingerprint density at radius 2 is 2.57 bits per heavy atom. The Morgan fingerprint density at radius 3 is 3.00 bits per heavy atom. The van der Waals surface area contributed by atoms with Crippen LogP contribution in [0.3, 0.4) is 0 Å². The van der Waals surface area contributed by atoms with Crippen molar-refractivity contribution in [2.24, 2.45) is 0 Å². The summed E-state index contributed by atoms with van der Waals surface area (Å²) in [6.07, 6.45) is 9.40. The van der Waals surface area contributed by atoms with Crippen LogP contribution >= 0.6 is 0 Å². The number of hydrogen-bond acceptors (Lipinski definition) is 1. The molecular formula is C6H8O. The van der Waals surface area contributed by atoms with Gasteiger partial charge in [-0.2, -0.15) is 0 Å². The van der Waals surface area contributed by atoms with Crippen molar-refractivity contribution in [1.29, 1.82) is 0 Å². The van der Waals surface area contributed by atoms with Gasteiger partial charge in [0.1, 0.15) is 12.7 Å². The van der Waals surface area contributed by atoms with Gasteiger partial charge in [0, 0.05) is 6.42 Å². The van der Waals surface area contributed by atoms with Crippen LogP contribution in [0.2, 0.25) is 0 Å². The first-order valence-electron chi connectivity index (χ1n) is 2.10. The molecule has 38 valence electrons. The van der Waals surface area contributed by atoms with E-state index in [1.54, 1.807) is 6.08 Å². The molecule has 0 amide bonds. The third kappa shape index (κ3) is 5.10. The van der Waals surface area contributed by atoms with Crippen LogP contribution < -0.4 is 0 Å². The second-order valence-electron chi connectivity index (χ2n) is 1.04. The lowest BCUT2D eigenvalue weighted by Gasteiger charge is -1.87. The highest BCUT2D eigenvalue weighted by Gasteiger charge is 1.72. The maximum atomic E-state index is 4.76. The van der Waals surface area contributed by atoms with Crippen molar-refractivity contribution in [1.82, 2.24) is 0 Å². The molecule has 0 N–H and O–H groups in total. The predicted molar refractivity (Wildman–Crippen MR) is 29.6 cm³/mol. The Morgan fingerprint density at radius 1 is 1.86 bits per heavy atom. The van der Waals surface area contributed by atoms with Gasteiger partial charge < -0.3 is 4.74 Å². The third-order valence-corrected chi connectivity index (χ3v) is 0.507. The molecule has 1 nitrogen and oxygen atoms in total. The van der Waals surface area contributed by atoms with E-state index >= 15 is 0 Å². The van der Waals surface area contributed by atoms with Gasteiger partial charge in [0.2, 0.25) is 0 Å². The average Bonchev–Trinajstić information content (AvgIpc) is 1.69. The second kappa shape index (κ2) is 5.10. The Kier molecular flexibility index (Phi) is 4.44. The molecule has 0 aliphatic heterocycles. The molecule has 0 unspecified atom stereocenters. The summed E-state index contributed by atoms with van der Waals surface area (Å²) in [5.41, 5.74) is 0. The topological polar surface area (TPSA) is 9.23 Å². The lowest BCUT2D eigenvalue weighted by molar-refractivity contribution is 0.285. The molecular weight excluding hydrogens is 88.1 g/mol. The van der Waals surface area contributed by atoms with E-state index in [-0.39, 0.29) is 0 Å². The minimum atomic E-state index is 0.583. The van der Waals surface area contributed by atoms with Gasteiger partial charge in [-0.1, -0.05) is 12.5 Å². The van der Waals surface area contributed by atoms with E-state index in [2.05, 4.69) is 17.4 Å². The fourth-order valence-electron chi connectivity index (χ4n) is 0.201. The largest absolute Gasteiger partial charge is 0.446 e. The summed E-state index contributed by atoms with van der Waals surface area (Å²) in [7, 11) is 0. The van der Waals surface area contributed by atoms with E-state index < -0.39 is 0 Å². The molecule has 0 saturated carbocycles. The first kappa shape index (κ1) is 6.10. The maximum absolute atomic E-state index is 4.76. The van der Waals surface area contributed by atoms with E-state index in [1.165, 1.54) is 0 Å². The molecule has 0 aromatic heterocycles. The Labute approximate surface area is 44.0 Å². The predicted octanol–water partition coefficient (Wildman–Crippen LogP) is 1.17. The van der Waals surface area contributed by atoms with Crippen molar-refractivity contribution in [2.75, 3.05) is 6.61 Å². The Hall–Kier alpha value is -0.900. The van der Waals surface area contributed by atoms with Gasteiger partial charge >= 0.3 is 0 Å². The minimum Gasteiger partial charge on any atom is -0.446 e. The Bertz CT molecular complexity index is 78.7. The zero-order chi connectivity index (χ0) is 5.54. The fourth-order valence-corrected chi connectivity index (χ4v) is 0.201. The van der Waals surface area contributed by atoms with Crippen molar-refractivity contribution < 1.29 is 4.74 Å². The van der Waals surface area contributed by atoms with Crippen LogP contribution in [0.1, 0.15) is 6.42 Å². The van der Waals surface area contributed by atoms with E-state index in [4.69, 9.17) is 6.42 Å². The van der Waals surface area contributed by atoms with Gasteiger partial charge in [0.25, 0.3) is 0 Å². The molecule has 0 aliphatic carbocycles. The first-order valence-corrected chi connectivity index (χ1v) is 2.10. The van der Waals surface area contributed by atoms with Gasteiger partial charge in [0.05, 0.1) is 0 Å². The first-order chi connectivity index (χ1) is 3.41. The standard InChI is InChI=1S/C6H8O/c1-3-5-6-7-4-2/h2-3H,1,5-6H2. The van der Waals surface area contributed by atoms with Crippen molar-refractivity contribution in [2.45, 2.75) is 6.42 Å². The zero-order valence-electron chi connectivity index (χ0n) is 4.18. The fraction of sp³-hybridized carbons (Fsp3) is 0.333. The number of ether oxygens (including phenoxy) is 1. The summed E-state index contributed by atoms with van der Waals surface area (Å²) >= 11 is 0. The summed E-state index contributed by atoms with van der Waals surface area (Å²) in [5.74, 6) is 0. The van der Waals surface area contributed by atoms with Crippen LogP contribution in [0.4, 0.5) is 0 Å². The molecule has 0 bridgehead atoms. The molecule has 0 saturated heterocycles. The summed E-state index contributed by atoms with van der Waals surface area (Å²) in [6.45, 7) is 4.07. The van der Waals surface area contributed by atoms with Gasteiger partial charge in [-0.25, -0.2) is 0 Å². The summed E-state index contributed by atoms with van der Waals surface area (Å²) < 4.78 is 4.53. The lowest BCUT2D eigenvalue weighted by atomic mass is 10.5. The van der Waals surface area contributed by atoms with E-state index in [0.717, 1.165) is 6.42 Å². The van der Waals surface area contributed by atoms with E-state index in [9.17, 15) is 0 Å². The quantitative estimate of drug-likeness (QED) is 0.291.